The van der Waals surface area contributed by atoms with Gasteiger partial charge in [0.1, 0.15) is 0 Å². The average Bonchev–Trinajstić information content (AvgIpc) is 2.56. The van der Waals surface area contributed by atoms with Crippen LogP contribution in [0, 0.1) is 0 Å². The van der Waals surface area contributed by atoms with Gasteiger partial charge in [-0.3, -0.25) is 9.59 Å². The second kappa shape index (κ2) is 6.43. The summed E-state index contributed by atoms with van der Waals surface area (Å²) in [7, 11) is 0. The van der Waals surface area contributed by atoms with Gasteiger partial charge in [0.25, 0.3) is 5.91 Å². The highest BCUT2D eigenvalue weighted by Gasteiger charge is 2.29. The van der Waals surface area contributed by atoms with Crippen molar-refractivity contribution in [3.8, 4) is 0 Å². The molecule has 0 aromatic heterocycles. The van der Waals surface area contributed by atoms with Crippen molar-refractivity contribution in [3.63, 3.8) is 0 Å². The van der Waals surface area contributed by atoms with E-state index in [0.29, 0.717) is 18.7 Å². The number of amides is 2. The number of benzene rings is 2. The lowest BCUT2D eigenvalue weighted by Gasteiger charge is -2.24. The molecule has 2 N–H and O–H groups in total. The Labute approximate surface area is 129 Å². The zero-order chi connectivity index (χ0) is 15.4. The van der Waals surface area contributed by atoms with Crippen molar-refractivity contribution in [3.05, 3.63) is 71.3 Å². The maximum Gasteiger partial charge on any atom is 0.251 e. The van der Waals surface area contributed by atoms with E-state index in [-0.39, 0.29) is 17.7 Å². The van der Waals surface area contributed by atoms with Crippen molar-refractivity contribution < 1.29 is 9.59 Å². The van der Waals surface area contributed by atoms with Gasteiger partial charge in [-0.1, -0.05) is 48.5 Å². The van der Waals surface area contributed by atoms with Gasteiger partial charge in [-0.25, -0.2) is 0 Å². The highest BCUT2D eigenvalue weighted by atomic mass is 16.2. The lowest BCUT2D eigenvalue weighted by molar-refractivity contribution is -0.122. The van der Waals surface area contributed by atoms with E-state index in [2.05, 4.69) is 10.6 Å². The molecule has 0 aliphatic carbocycles. The zero-order valence-corrected chi connectivity index (χ0v) is 12.2. The number of fused-ring (bicyclic) bond motifs is 1. The summed E-state index contributed by atoms with van der Waals surface area (Å²) >= 11 is 0. The summed E-state index contributed by atoms with van der Waals surface area (Å²) in [6.07, 6.45) is 0.799. The Bertz CT molecular complexity index is 682. The molecule has 0 fully saturated rings. The van der Waals surface area contributed by atoms with Crippen molar-refractivity contribution in [1.29, 1.82) is 0 Å². The summed E-state index contributed by atoms with van der Waals surface area (Å²) in [5, 5.41) is 5.74. The van der Waals surface area contributed by atoms with Crippen LogP contribution >= 0.6 is 0 Å². The predicted octanol–water partition coefficient (Wildman–Crippen LogP) is 1.87. The van der Waals surface area contributed by atoms with Gasteiger partial charge in [-0.15, -0.1) is 0 Å². The van der Waals surface area contributed by atoms with Crippen molar-refractivity contribution >= 4 is 11.8 Å². The molecule has 3 rings (SSSR count). The quantitative estimate of drug-likeness (QED) is 0.904. The molecule has 0 radical (unpaired) electrons. The number of hydrogen-bond acceptors (Lipinski definition) is 2. The molecular weight excluding hydrogens is 276 g/mol. The van der Waals surface area contributed by atoms with E-state index in [4.69, 9.17) is 0 Å². The van der Waals surface area contributed by atoms with Crippen LogP contribution in [0.3, 0.4) is 0 Å². The highest BCUT2D eigenvalue weighted by Crippen LogP contribution is 2.23. The van der Waals surface area contributed by atoms with Crippen LogP contribution in [0.5, 0.6) is 0 Å². The fourth-order valence-corrected chi connectivity index (χ4v) is 2.74. The smallest absolute Gasteiger partial charge is 0.251 e. The first-order valence-corrected chi connectivity index (χ1v) is 7.44. The maximum atomic E-state index is 12.4. The van der Waals surface area contributed by atoms with E-state index < -0.39 is 0 Å². The number of rotatable bonds is 4. The fourth-order valence-electron chi connectivity index (χ4n) is 2.74. The summed E-state index contributed by atoms with van der Waals surface area (Å²) in [5.74, 6) is -0.461. The molecule has 4 nitrogen and oxygen atoms in total. The molecule has 0 saturated carbocycles. The van der Waals surface area contributed by atoms with Gasteiger partial charge < -0.3 is 10.6 Å². The number of carbonyl (C=O) groups excluding carboxylic acids is 2. The van der Waals surface area contributed by atoms with Crippen LogP contribution in [-0.2, 0) is 11.2 Å². The molecular formula is C18H18N2O2. The van der Waals surface area contributed by atoms with Crippen molar-refractivity contribution in [2.24, 2.45) is 0 Å². The maximum absolute atomic E-state index is 12.4. The molecule has 2 aromatic carbocycles. The second-order valence-electron chi connectivity index (χ2n) is 5.38. The summed E-state index contributed by atoms with van der Waals surface area (Å²) in [6, 6.07) is 17.3. The molecule has 1 heterocycles. The van der Waals surface area contributed by atoms with E-state index in [0.717, 1.165) is 12.0 Å². The van der Waals surface area contributed by atoms with Crippen molar-refractivity contribution in [1.82, 2.24) is 10.6 Å². The van der Waals surface area contributed by atoms with Crippen LogP contribution in [0.4, 0.5) is 0 Å². The first kappa shape index (κ1) is 14.3. The predicted molar refractivity (Wildman–Crippen MR) is 84.7 cm³/mol. The van der Waals surface area contributed by atoms with Gasteiger partial charge in [-0.05, 0) is 23.6 Å². The Kier molecular flexibility index (Phi) is 4.19. The number of carbonyl (C=O) groups is 2. The van der Waals surface area contributed by atoms with E-state index in [1.807, 2.05) is 48.5 Å². The minimum Gasteiger partial charge on any atom is -0.355 e. The van der Waals surface area contributed by atoms with Crippen LogP contribution in [0.15, 0.2) is 54.6 Å². The monoisotopic (exact) mass is 294 g/mol. The van der Waals surface area contributed by atoms with Gasteiger partial charge in [0, 0.05) is 18.7 Å². The van der Waals surface area contributed by atoms with Gasteiger partial charge in [0.2, 0.25) is 5.91 Å². The van der Waals surface area contributed by atoms with E-state index >= 15 is 0 Å². The Morgan fingerprint density at radius 3 is 2.64 bits per heavy atom. The van der Waals surface area contributed by atoms with E-state index in [1.165, 1.54) is 5.56 Å². The Morgan fingerprint density at radius 1 is 1.09 bits per heavy atom. The minimum atomic E-state index is -0.315. The van der Waals surface area contributed by atoms with Crippen molar-refractivity contribution in [2.75, 3.05) is 13.1 Å². The zero-order valence-electron chi connectivity index (χ0n) is 12.2. The Hall–Kier alpha value is -2.62. The summed E-state index contributed by atoms with van der Waals surface area (Å²) in [4.78, 5) is 24.2. The van der Waals surface area contributed by atoms with Crippen LogP contribution < -0.4 is 10.6 Å². The Balaban J connectivity index is 1.63. The minimum absolute atomic E-state index is 0.0385. The molecule has 1 atom stereocenters. The lowest BCUT2D eigenvalue weighted by Crippen LogP contribution is -2.42. The molecule has 22 heavy (non-hydrogen) atoms. The molecule has 4 heteroatoms. The average molecular weight is 294 g/mol. The normalized spacial score (nSPS) is 16.5. The van der Waals surface area contributed by atoms with Gasteiger partial charge >= 0.3 is 0 Å². The summed E-state index contributed by atoms with van der Waals surface area (Å²) < 4.78 is 0. The van der Waals surface area contributed by atoms with E-state index in [1.54, 1.807) is 6.07 Å². The third-order valence-corrected chi connectivity index (χ3v) is 3.92. The van der Waals surface area contributed by atoms with Gasteiger partial charge in [0.15, 0.2) is 0 Å². The van der Waals surface area contributed by atoms with Crippen LogP contribution in [-0.4, -0.2) is 24.9 Å². The molecule has 1 unspecified atom stereocenters. The van der Waals surface area contributed by atoms with Crippen LogP contribution in [0.2, 0.25) is 0 Å². The first-order chi connectivity index (χ1) is 10.8. The van der Waals surface area contributed by atoms with Gasteiger partial charge in [-0.2, -0.15) is 0 Å². The standard InChI is InChI=1S/C18H18N2O2/c21-17-15-9-5-4-8-14(15)16(12-20-17)18(22)19-11-10-13-6-2-1-3-7-13/h1-9,16H,10-12H2,(H,19,22)(H,20,21). The Morgan fingerprint density at radius 2 is 1.82 bits per heavy atom. The highest BCUT2D eigenvalue weighted by molar-refractivity contribution is 6.00. The fraction of sp³-hybridized carbons (Fsp3) is 0.222. The molecule has 112 valence electrons. The third-order valence-electron chi connectivity index (χ3n) is 3.92. The second-order valence-corrected chi connectivity index (χ2v) is 5.38. The molecule has 1 aliphatic rings. The molecule has 0 spiro atoms. The first-order valence-electron chi connectivity index (χ1n) is 7.44. The SMILES string of the molecule is O=C1NCC(C(=O)NCCc2ccccc2)c2ccccc21. The summed E-state index contributed by atoms with van der Waals surface area (Å²) in [5.41, 5.74) is 2.60. The molecule has 2 aromatic rings. The largest absolute Gasteiger partial charge is 0.355 e. The molecule has 0 saturated heterocycles. The summed E-state index contributed by atoms with van der Waals surface area (Å²) in [6.45, 7) is 0.947. The third kappa shape index (κ3) is 3.01. The van der Waals surface area contributed by atoms with Crippen molar-refractivity contribution in [2.45, 2.75) is 12.3 Å². The topological polar surface area (TPSA) is 58.2 Å². The lowest BCUT2D eigenvalue weighted by atomic mass is 9.90. The van der Waals surface area contributed by atoms with Crippen LogP contribution in [0.1, 0.15) is 27.4 Å². The van der Waals surface area contributed by atoms with Crippen LogP contribution in [0.25, 0.3) is 0 Å². The number of hydrogen-bond donors (Lipinski definition) is 2. The molecule has 2 amide bonds. The molecule has 0 bridgehead atoms. The molecule has 1 aliphatic heterocycles. The van der Waals surface area contributed by atoms with Gasteiger partial charge in [0.05, 0.1) is 5.92 Å². The number of nitrogens with one attached hydrogen (secondary N) is 2. The van der Waals surface area contributed by atoms with E-state index in [9.17, 15) is 9.59 Å².